The maximum atomic E-state index is 12.7. The highest BCUT2D eigenvalue weighted by Gasteiger charge is 2.18. The Morgan fingerprint density at radius 2 is 1.77 bits per heavy atom. The van der Waals surface area contributed by atoms with E-state index in [1.807, 2.05) is 56.3 Å². The Labute approximate surface area is 180 Å². The van der Waals surface area contributed by atoms with Gasteiger partial charge in [0.2, 0.25) is 0 Å². The van der Waals surface area contributed by atoms with E-state index in [1.165, 1.54) is 5.56 Å². The number of aryl methyl sites for hydroxylation is 2. The summed E-state index contributed by atoms with van der Waals surface area (Å²) in [5.41, 5.74) is 6.47. The fourth-order valence-corrected chi connectivity index (χ4v) is 3.72. The first kappa shape index (κ1) is 20.1. The molecular formula is C24H23ClN4O. The van der Waals surface area contributed by atoms with Crippen molar-refractivity contribution in [2.75, 3.05) is 6.54 Å². The van der Waals surface area contributed by atoms with Crippen molar-refractivity contribution in [2.45, 2.75) is 26.7 Å². The molecule has 0 aliphatic heterocycles. The van der Waals surface area contributed by atoms with E-state index in [4.69, 9.17) is 16.6 Å². The summed E-state index contributed by atoms with van der Waals surface area (Å²) in [4.78, 5) is 17.5. The maximum absolute atomic E-state index is 12.7. The Kier molecular flexibility index (Phi) is 5.81. The van der Waals surface area contributed by atoms with Crippen LogP contribution in [-0.4, -0.2) is 27.0 Å². The number of nitrogens with zero attached hydrogens (tertiary/aromatic N) is 3. The standard InChI is InChI=1S/C24H23ClN4O/c1-16-21(14-19-6-4-3-5-7-19)17(2)29-23(28-16)22(15-27-29)24(30)26-13-12-18-8-10-20(25)11-9-18/h3-11,15H,12-14H2,1-2H3,(H,26,30). The average Bonchev–Trinajstić information content (AvgIpc) is 3.17. The van der Waals surface area contributed by atoms with Crippen molar-refractivity contribution in [3.63, 3.8) is 0 Å². The van der Waals surface area contributed by atoms with E-state index in [0.29, 0.717) is 22.8 Å². The molecule has 0 spiro atoms. The highest BCUT2D eigenvalue weighted by molar-refractivity contribution is 6.30. The van der Waals surface area contributed by atoms with Crippen LogP contribution in [0.2, 0.25) is 5.02 Å². The van der Waals surface area contributed by atoms with Gasteiger partial charge in [-0.3, -0.25) is 4.79 Å². The van der Waals surface area contributed by atoms with Crippen molar-refractivity contribution >= 4 is 23.2 Å². The second kappa shape index (κ2) is 8.67. The molecule has 30 heavy (non-hydrogen) atoms. The smallest absolute Gasteiger partial charge is 0.256 e. The minimum absolute atomic E-state index is 0.166. The van der Waals surface area contributed by atoms with Crippen LogP contribution in [0.1, 0.15) is 38.4 Å². The minimum Gasteiger partial charge on any atom is -0.352 e. The predicted molar refractivity (Wildman–Crippen MR) is 119 cm³/mol. The molecule has 0 aliphatic carbocycles. The van der Waals surface area contributed by atoms with Crippen LogP contribution in [0.5, 0.6) is 0 Å². The van der Waals surface area contributed by atoms with Gasteiger partial charge < -0.3 is 5.32 Å². The molecule has 0 fully saturated rings. The zero-order valence-electron chi connectivity index (χ0n) is 17.0. The van der Waals surface area contributed by atoms with Crippen molar-refractivity contribution in [3.05, 3.63) is 99.5 Å². The highest BCUT2D eigenvalue weighted by atomic mass is 35.5. The molecule has 0 radical (unpaired) electrons. The number of fused-ring (bicyclic) bond motifs is 1. The minimum atomic E-state index is -0.166. The molecule has 1 amide bonds. The van der Waals surface area contributed by atoms with E-state index >= 15 is 0 Å². The van der Waals surface area contributed by atoms with E-state index in [2.05, 4.69) is 22.5 Å². The molecule has 2 aromatic heterocycles. The predicted octanol–water partition coefficient (Wildman–Crippen LogP) is 4.56. The monoisotopic (exact) mass is 418 g/mol. The molecule has 0 saturated carbocycles. The van der Waals surface area contributed by atoms with E-state index in [0.717, 1.165) is 35.4 Å². The normalized spacial score (nSPS) is 11.0. The zero-order chi connectivity index (χ0) is 21.1. The number of hydrogen-bond acceptors (Lipinski definition) is 3. The van der Waals surface area contributed by atoms with Gasteiger partial charge >= 0.3 is 0 Å². The molecule has 5 nitrogen and oxygen atoms in total. The van der Waals surface area contributed by atoms with Crippen molar-refractivity contribution in [1.82, 2.24) is 19.9 Å². The van der Waals surface area contributed by atoms with Crippen LogP contribution < -0.4 is 5.32 Å². The number of carbonyl (C=O) groups is 1. The Morgan fingerprint density at radius 3 is 2.50 bits per heavy atom. The summed E-state index contributed by atoms with van der Waals surface area (Å²) >= 11 is 5.92. The number of aromatic nitrogens is 3. The number of carbonyl (C=O) groups excluding carboxylic acids is 1. The molecule has 6 heteroatoms. The lowest BCUT2D eigenvalue weighted by Crippen LogP contribution is -2.25. The Bertz CT molecular complexity index is 1180. The lowest BCUT2D eigenvalue weighted by molar-refractivity contribution is 0.0955. The van der Waals surface area contributed by atoms with Crippen molar-refractivity contribution in [2.24, 2.45) is 0 Å². The van der Waals surface area contributed by atoms with E-state index < -0.39 is 0 Å². The number of nitrogens with one attached hydrogen (secondary N) is 1. The number of amides is 1. The summed E-state index contributed by atoms with van der Waals surface area (Å²) in [5, 5.41) is 8.11. The third-order valence-corrected chi connectivity index (χ3v) is 5.54. The third-order valence-electron chi connectivity index (χ3n) is 5.29. The number of rotatable bonds is 6. The number of benzene rings is 2. The van der Waals surface area contributed by atoms with Gasteiger partial charge in [-0.25, -0.2) is 9.50 Å². The molecule has 0 saturated heterocycles. The van der Waals surface area contributed by atoms with Crippen LogP contribution in [0.15, 0.2) is 60.8 Å². The average molecular weight is 419 g/mol. The summed E-state index contributed by atoms with van der Waals surface area (Å²) in [7, 11) is 0. The Morgan fingerprint density at radius 1 is 1.03 bits per heavy atom. The molecule has 0 atom stereocenters. The first-order chi connectivity index (χ1) is 14.5. The molecule has 2 heterocycles. The highest BCUT2D eigenvalue weighted by Crippen LogP contribution is 2.20. The molecule has 4 rings (SSSR count). The fraction of sp³-hybridized carbons (Fsp3) is 0.208. The van der Waals surface area contributed by atoms with Crippen molar-refractivity contribution in [3.8, 4) is 0 Å². The lowest BCUT2D eigenvalue weighted by Gasteiger charge is -2.12. The second-order valence-corrected chi connectivity index (χ2v) is 7.79. The quantitative estimate of drug-likeness (QED) is 0.499. The number of hydrogen-bond donors (Lipinski definition) is 1. The van der Waals surface area contributed by atoms with Crippen LogP contribution in [-0.2, 0) is 12.8 Å². The van der Waals surface area contributed by atoms with Crippen LogP contribution in [0, 0.1) is 13.8 Å². The maximum Gasteiger partial charge on any atom is 0.256 e. The van der Waals surface area contributed by atoms with Crippen LogP contribution in [0.3, 0.4) is 0 Å². The summed E-state index contributed by atoms with van der Waals surface area (Å²) in [6.45, 7) is 4.54. The molecule has 1 N–H and O–H groups in total. The van der Waals surface area contributed by atoms with Crippen LogP contribution in [0.4, 0.5) is 0 Å². The Hall–Kier alpha value is -3.18. The SMILES string of the molecule is Cc1nc2c(C(=O)NCCc3ccc(Cl)cc3)cnn2c(C)c1Cc1ccccc1. The van der Waals surface area contributed by atoms with E-state index in [9.17, 15) is 4.79 Å². The lowest BCUT2D eigenvalue weighted by atomic mass is 10.0. The summed E-state index contributed by atoms with van der Waals surface area (Å²) in [5.74, 6) is -0.166. The molecule has 0 aliphatic rings. The zero-order valence-corrected chi connectivity index (χ0v) is 17.8. The molecular weight excluding hydrogens is 396 g/mol. The van der Waals surface area contributed by atoms with Gasteiger partial charge in [-0.15, -0.1) is 0 Å². The third kappa shape index (κ3) is 4.21. The number of halogens is 1. The topological polar surface area (TPSA) is 59.3 Å². The van der Waals surface area contributed by atoms with Gasteiger partial charge in [-0.05, 0) is 49.1 Å². The first-order valence-corrected chi connectivity index (χ1v) is 10.3. The molecule has 0 unspecified atom stereocenters. The van der Waals surface area contributed by atoms with Crippen molar-refractivity contribution in [1.29, 1.82) is 0 Å². The van der Waals surface area contributed by atoms with Crippen LogP contribution >= 0.6 is 11.6 Å². The molecule has 0 bridgehead atoms. The van der Waals surface area contributed by atoms with Gasteiger partial charge in [-0.2, -0.15) is 5.10 Å². The van der Waals surface area contributed by atoms with Gasteiger partial charge in [0.1, 0.15) is 5.56 Å². The molecule has 4 aromatic rings. The van der Waals surface area contributed by atoms with Crippen molar-refractivity contribution < 1.29 is 4.79 Å². The van der Waals surface area contributed by atoms with Crippen LogP contribution in [0.25, 0.3) is 5.65 Å². The first-order valence-electron chi connectivity index (χ1n) is 9.93. The van der Waals surface area contributed by atoms with Gasteiger partial charge in [0.05, 0.1) is 6.20 Å². The van der Waals surface area contributed by atoms with Gasteiger partial charge in [-0.1, -0.05) is 54.1 Å². The Balaban J connectivity index is 1.52. The van der Waals surface area contributed by atoms with Gasteiger partial charge in [0.15, 0.2) is 5.65 Å². The van der Waals surface area contributed by atoms with E-state index in [1.54, 1.807) is 10.7 Å². The van der Waals surface area contributed by atoms with E-state index in [-0.39, 0.29) is 5.91 Å². The summed E-state index contributed by atoms with van der Waals surface area (Å²) in [6.07, 6.45) is 3.11. The van der Waals surface area contributed by atoms with Gasteiger partial charge in [0.25, 0.3) is 5.91 Å². The molecule has 152 valence electrons. The summed E-state index contributed by atoms with van der Waals surface area (Å²) < 4.78 is 1.76. The fourth-order valence-electron chi connectivity index (χ4n) is 3.59. The second-order valence-electron chi connectivity index (χ2n) is 7.35. The summed E-state index contributed by atoms with van der Waals surface area (Å²) in [6, 6.07) is 17.9. The molecule has 2 aromatic carbocycles. The largest absolute Gasteiger partial charge is 0.352 e. The van der Waals surface area contributed by atoms with Gasteiger partial charge in [0, 0.05) is 29.4 Å².